The number of hydrogen-bond acceptors (Lipinski definition) is 2. The molecule has 0 bridgehead atoms. The van der Waals surface area contributed by atoms with E-state index in [9.17, 15) is 0 Å². The third-order valence-corrected chi connectivity index (χ3v) is 3.81. The van der Waals surface area contributed by atoms with Gasteiger partial charge < -0.3 is 9.88 Å². The van der Waals surface area contributed by atoms with Crippen LogP contribution in [0.15, 0.2) is 48.5 Å². The molecule has 0 radical (unpaired) electrons. The highest BCUT2D eigenvalue weighted by Gasteiger charge is 2.10. The minimum Gasteiger partial charge on any atom is -0.338 e. The average Bonchev–Trinajstić information content (AvgIpc) is 2.90. The highest BCUT2D eigenvalue weighted by atomic mass is 15.1. The number of aromatic amines is 1. The van der Waals surface area contributed by atoms with Crippen molar-refractivity contribution in [1.82, 2.24) is 14.9 Å². The van der Waals surface area contributed by atoms with Crippen LogP contribution >= 0.6 is 0 Å². The predicted molar refractivity (Wildman–Crippen MR) is 83.6 cm³/mol. The van der Waals surface area contributed by atoms with Gasteiger partial charge in [0.15, 0.2) is 0 Å². The van der Waals surface area contributed by atoms with E-state index >= 15 is 0 Å². The SMILES string of the molecule is CC(c1cccc(-c2nc3ccccc3[nH]2)c1)N(C)C. The Morgan fingerprint density at radius 2 is 1.85 bits per heavy atom. The summed E-state index contributed by atoms with van der Waals surface area (Å²) in [5.41, 5.74) is 4.52. The van der Waals surface area contributed by atoms with Gasteiger partial charge in [0.25, 0.3) is 0 Å². The van der Waals surface area contributed by atoms with Crippen LogP contribution in [0.4, 0.5) is 0 Å². The van der Waals surface area contributed by atoms with Crippen molar-refractivity contribution in [3.8, 4) is 11.4 Å². The zero-order valence-corrected chi connectivity index (χ0v) is 12.1. The second-order valence-electron chi connectivity index (χ2n) is 5.37. The molecule has 3 rings (SSSR count). The van der Waals surface area contributed by atoms with Crippen molar-refractivity contribution in [2.45, 2.75) is 13.0 Å². The van der Waals surface area contributed by atoms with Gasteiger partial charge in [-0.1, -0.05) is 30.3 Å². The molecule has 1 aromatic heterocycles. The number of hydrogen-bond donors (Lipinski definition) is 1. The third kappa shape index (κ3) is 2.32. The molecule has 0 aliphatic heterocycles. The number of rotatable bonds is 3. The standard InChI is InChI=1S/C17H19N3/c1-12(20(2)3)13-7-6-8-14(11-13)17-18-15-9-4-5-10-16(15)19-17/h4-12H,1-3H3,(H,18,19). The Balaban J connectivity index is 2.03. The lowest BCUT2D eigenvalue weighted by Crippen LogP contribution is -2.16. The first-order chi connectivity index (χ1) is 9.65. The third-order valence-electron chi connectivity index (χ3n) is 3.81. The van der Waals surface area contributed by atoms with Crippen molar-refractivity contribution in [3.05, 3.63) is 54.1 Å². The minimum atomic E-state index is 0.388. The molecule has 2 aromatic carbocycles. The van der Waals surface area contributed by atoms with Gasteiger partial charge in [-0.05, 0) is 44.8 Å². The molecular weight excluding hydrogens is 246 g/mol. The molecule has 1 heterocycles. The lowest BCUT2D eigenvalue weighted by atomic mass is 10.0. The molecule has 1 unspecified atom stereocenters. The molecule has 3 aromatic rings. The van der Waals surface area contributed by atoms with Crippen LogP contribution in [0.2, 0.25) is 0 Å². The second kappa shape index (κ2) is 5.10. The predicted octanol–water partition coefficient (Wildman–Crippen LogP) is 3.85. The van der Waals surface area contributed by atoms with Crippen molar-refractivity contribution < 1.29 is 0 Å². The summed E-state index contributed by atoms with van der Waals surface area (Å²) in [6, 6.07) is 17.1. The van der Waals surface area contributed by atoms with Gasteiger partial charge in [-0.25, -0.2) is 4.98 Å². The molecule has 102 valence electrons. The summed E-state index contributed by atoms with van der Waals surface area (Å²) in [5, 5.41) is 0. The molecule has 20 heavy (non-hydrogen) atoms. The van der Waals surface area contributed by atoms with Gasteiger partial charge in [-0.3, -0.25) is 0 Å². The first-order valence-electron chi connectivity index (χ1n) is 6.86. The van der Waals surface area contributed by atoms with E-state index in [4.69, 9.17) is 0 Å². The summed E-state index contributed by atoms with van der Waals surface area (Å²) in [7, 11) is 4.19. The van der Waals surface area contributed by atoms with Gasteiger partial charge in [0.1, 0.15) is 5.82 Å². The van der Waals surface area contributed by atoms with E-state index in [1.807, 2.05) is 18.2 Å². The van der Waals surface area contributed by atoms with Crippen LogP contribution in [0.5, 0.6) is 0 Å². The highest BCUT2D eigenvalue weighted by molar-refractivity contribution is 5.79. The Labute approximate surface area is 119 Å². The van der Waals surface area contributed by atoms with E-state index in [-0.39, 0.29) is 0 Å². The zero-order valence-electron chi connectivity index (χ0n) is 12.1. The fraction of sp³-hybridized carbons (Fsp3) is 0.235. The van der Waals surface area contributed by atoms with E-state index in [1.165, 1.54) is 5.56 Å². The topological polar surface area (TPSA) is 31.9 Å². The van der Waals surface area contributed by atoms with E-state index < -0.39 is 0 Å². The van der Waals surface area contributed by atoms with E-state index in [0.717, 1.165) is 22.4 Å². The van der Waals surface area contributed by atoms with Crippen molar-refractivity contribution >= 4 is 11.0 Å². The summed E-state index contributed by atoms with van der Waals surface area (Å²) in [5.74, 6) is 0.930. The van der Waals surface area contributed by atoms with Crippen LogP contribution in [-0.2, 0) is 0 Å². The van der Waals surface area contributed by atoms with Crippen LogP contribution < -0.4 is 0 Å². The molecule has 0 spiro atoms. The molecular formula is C17H19N3. The maximum atomic E-state index is 4.66. The molecule has 0 fully saturated rings. The molecule has 0 saturated heterocycles. The number of nitrogens with one attached hydrogen (secondary N) is 1. The number of imidazole rings is 1. The smallest absolute Gasteiger partial charge is 0.138 e. The Hall–Kier alpha value is -2.13. The van der Waals surface area contributed by atoms with Crippen LogP contribution in [0.3, 0.4) is 0 Å². The van der Waals surface area contributed by atoms with Gasteiger partial charge in [0.2, 0.25) is 0 Å². The summed E-state index contributed by atoms with van der Waals surface area (Å²) < 4.78 is 0. The van der Waals surface area contributed by atoms with Crippen molar-refractivity contribution in [3.63, 3.8) is 0 Å². The number of para-hydroxylation sites is 2. The quantitative estimate of drug-likeness (QED) is 0.780. The lowest BCUT2D eigenvalue weighted by molar-refractivity contribution is 0.321. The van der Waals surface area contributed by atoms with Gasteiger partial charge in [0.05, 0.1) is 11.0 Å². The molecule has 1 N–H and O–H groups in total. The molecule has 3 heteroatoms. The summed E-state index contributed by atoms with van der Waals surface area (Å²) in [4.78, 5) is 10.2. The van der Waals surface area contributed by atoms with E-state index in [2.05, 4.69) is 66.2 Å². The fourth-order valence-electron chi connectivity index (χ4n) is 2.33. The van der Waals surface area contributed by atoms with Crippen LogP contribution in [0, 0.1) is 0 Å². The Bertz CT molecular complexity index is 695. The number of H-pyrrole nitrogens is 1. The maximum Gasteiger partial charge on any atom is 0.138 e. The van der Waals surface area contributed by atoms with Gasteiger partial charge in [0, 0.05) is 11.6 Å². The van der Waals surface area contributed by atoms with E-state index in [0.29, 0.717) is 6.04 Å². The van der Waals surface area contributed by atoms with Crippen LogP contribution in [0.1, 0.15) is 18.5 Å². The average molecular weight is 265 g/mol. The summed E-state index contributed by atoms with van der Waals surface area (Å²) >= 11 is 0. The summed E-state index contributed by atoms with van der Waals surface area (Å²) in [6.45, 7) is 2.21. The molecule has 3 nitrogen and oxygen atoms in total. The van der Waals surface area contributed by atoms with E-state index in [1.54, 1.807) is 0 Å². The molecule has 1 atom stereocenters. The van der Waals surface area contributed by atoms with Crippen molar-refractivity contribution in [2.24, 2.45) is 0 Å². The molecule has 0 saturated carbocycles. The molecule has 0 aliphatic carbocycles. The Morgan fingerprint density at radius 3 is 2.60 bits per heavy atom. The zero-order chi connectivity index (χ0) is 14.1. The largest absolute Gasteiger partial charge is 0.338 e. The van der Waals surface area contributed by atoms with Crippen molar-refractivity contribution in [1.29, 1.82) is 0 Å². The maximum absolute atomic E-state index is 4.66. The first-order valence-corrected chi connectivity index (χ1v) is 6.86. The number of nitrogens with zero attached hydrogens (tertiary/aromatic N) is 2. The normalized spacial score (nSPS) is 13.0. The number of benzene rings is 2. The molecule has 0 amide bonds. The first kappa shape index (κ1) is 12.9. The fourth-order valence-corrected chi connectivity index (χ4v) is 2.33. The number of aromatic nitrogens is 2. The monoisotopic (exact) mass is 265 g/mol. The lowest BCUT2D eigenvalue weighted by Gasteiger charge is -2.20. The minimum absolute atomic E-state index is 0.388. The van der Waals surface area contributed by atoms with Crippen LogP contribution in [-0.4, -0.2) is 29.0 Å². The Kier molecular flexibility index (Phi) is 3.28. The molecule has 0 aliphatic rings. The van der Waals surface area contributed by atoms with Gasteiger partial charge in [-0.2, -0.15) is 0 Å². The highest BCUT2D eigenvalue weighted by Crippen LogP contribution is 2.25. The van der Waals surface area contributed by atoms with Crippen molar-refractivity contribution in [2.75, 3.05) is 14.1 Å². The Morgan fingerprint density at radius 1 is 1.05 bits per heavy atom. The van der Waals surface area contributed by atoms with Crippen LogP contribution in [0.25, 0.3) is 22.4 Å². The second-order valence-corrected chi connectivity index (χ2v) is 5.37. The number of fused-ring (bicyclic) bond motifs is 1. The van der Waals surface area contributed by atoms with Gasteiger partial charge >= 0.3 is 0 Å². The summed E-state index contributed by atoms with van der Waals surface area (Å²) in [6.07, 6.45) is 0. The van der Waals surface area contributed by atoms with Gasteiger partial charge in [-0.15, -0.1) is 0 Å².